The zero-order chi connectivity index (χ0) is 12.5. The summed E-state index contributed by atoms with van der Waals surface area (Å²) in [5.41, 5.74) is 7.44. The predicted molar refractivity (Wildman–Crippen MR) is 72.4 cm³/mol. The average molecular weight is 260 g/mol. The Bertz CT molecular complexity index is 686. The highest BCUT2D eigenvalue weighted by atomic mass is 32.1. The number of fused-ring (bicyclic) bond motifs is 1. The number of hydrogen-bond donors (Lipinski definition) is 2. The molecule has 0 unspecified atom stereocenters. The molecule has 0 saturated heterocycles. The number of nitrogens with one attached hydrogen (secondary N) is 1. The molecule has 0 radical (unpaired) electrons. The van der Waals surface area contributed by atoms with Crippen molar-refractivity contribution < 1.29 is 0 Å². The molecule has 18 heavy (non-hydrogen) atoms. The lowest BCUT2D eigenvalue weighted by molar-refractivity contribution is 0.747. The van der Waals surface area contributed by atoms with Crippen molar-refractivity contribution in [2.75, 3.05) is 11.1 Å². The highest BCUT2D eigenvalue weighted by molar-refractivity contribution is 7.22. The lowest BCUT2D eigenvalue weighted by Crippen LogP contribution is -2.01. The number of aromatic nitrogens is 4. The smallest absolute Gasteiger partial charge is 0.184 e. The van der Waals surface area contributed by atoms with E-state index in [2.05, 4.69) is 20.4 Å². The maximum Gasteiger partial charge on any atom is 0.184 e. The van der Waals surface area contributed by atoms with Gasteiger partial charge in [-0.05, 0) is 18.2 Å². The summed E-state index contributed by atoms with van der Waals surface area (Å²) >= 11 is 1.57. The van der Waals surface area contributed by atoms with Gasteiger partial charge in [0.25, 0.3) is 0 Å². The molecule has 3 N–H and O–H groups in total. The maximum absolute atomic E-state index is 5.74. The molecule has 0 saturated carbocycles. The Morgan fingerprint density at radius 1 is 1.44 bits per heavy atom. The number of nitrogen functional groups attached to an aromatic ring is 1. The van der Waals surface area contributed by atoms with Crippen LogP contribution in [0.3, 0.4) is 0 Å². The Balaban J connectivity index is 1.78. The first-order valence-corrected chi connectivity index (χ1v) is 6.27. The van der Waals surface area contributed by atoms with Crippen LogP contribution in [0.5, 0.6) is 0 Å². The second-order valence-electron chi connectivity index (χ2n) is 3.93. The van der Waals surface area contributed by atoms with Gasteiger partial charge in [0.05, 0.1) is 16.8 Å². The molecular weight excluding hydrogens is 248 g/mol. The zero-order valence-corrected chi connectivity index (χ0v) is 10.6. The minimum absolute atomic E-state index is 0.566. The van der Waals surface area contributed by atoms with Crippen molar-refractivity contribution in [3.05, 3.63) is 30.4 Å². The monoisotopic (exact) mass is 260 g/mol. The number of anilines is 2. The lowest BCUT2D eigenvalue weighted by Gasteiger charge is -1.96. The summed E-state index contributed by atoms with van der Waals surface area (Å²) in [4.78, 5) is 8.61. The maximum atomic E-state index is 5.74. The predicted octanol–water partition coefficient (Wildman–Crippen LogP) is 1.62. The Morgan fingerprint density at radius 2 is 2.33 bits per heavy atom. The van der Waals surface area contributed by atoms with Crippen LogP contribution in [0.25, 0.3) is 10.2 Å². The minimum Gasteiger partial charge on any atom is -0.399 e. The third-order valence-electron chi connectivity index (χ3n) is 2.46. The molecule has 3 rings (SSSR count). The van der Waals surface area contributed by atoms with Gasteiger partial charge in [0, 0.05) is 12.7 Å². The van der Waals surface area contributed by atoms with E-state index in [0.717, 1.165) is 26.9 Å². The largest absolute Gasteiger partial charge is 0.399 e. The van der Waals surface area contributed by atoms with Crippen molar-refractivity contribution in [2.45, 2.75) is 6.54 Å². The molecule has 6 nitrogen and oxygen atoms in total. The third kappa shape index (κ3) is 2.12. The van der Waals surface area contributed by atoms with Crippen molar-refractivity contribution in [3.63, 3.8) is 0 Å². The fourth-order valence-electron chi connectivity index (χ4n) is 1.64. The summed E-state index contributed by atoms with van der Waals surface area (Å²) in [5.74, 6) is 0.747. The number of nitrogens with zero attached hydrogens (tertiary/aromatic N) is 4. The van der Waals surface area contributed by atoms with E-state index in [1.54, 1.807) is 22.3 Å². The molecule has 2 aromatic heterocycles. The number of hydrogen-bond acceptors (Lipinski definition) is 6. The molecule has 3 aromatic rings. The van der Waals surface area contributed by atoms with Gasteiger partial charge in [-0.15, -0.1) is 0 Å². The third-order valence-corrected chi connectivity index (χ3v) is 3.43. The van der Waals surface area contributed by atoms with Crippen molar-refractivity contribution in [1.82, 2.24) is 19.7 Å². The Labute approximate surface area is 107 Å². The van der Waals surface area contributed by atoms with Gasteiger partial charge in [0.2, 0.25) is 0 Å². The Kier molecular flexibility index (Phi) is 2.60. The van der Waals surface area contributed by atoms with Crippen molar-refractivity contribution in [3.8, 4) is 0 Å². The van der Waals surface area contributed by atoms with Crippen LogP contribution < -0.4 is 11.1 Å². The Morgan fingerprint density at radius 3 is 3.11 bits per heavy atom. The quantitative estimate of drug-likeness (QED) is 0.699. The van der Waals surface area contributed by atoms with Gasteiger partial charge in [0.1, 0.15) is 6.33 Å². The molecule has 0 spiro atoms. The van der Waals surface area contributed by atoms with Crippen molar-refractivity contribution >= 4 is 32.4 Å². The number of rotatable bonds is 3. The number of aryl methyl sites for hydroxylation is 1. The van der Waals surface area contributed by atoms with Gasteiger partial charge in [-0.1, -0.05) is 11.3 Å². The van der Waals surface area contributed by atoms with E-state index >= 15 is 0 Å². The van der Waals surface area contributed by atoms with Gasteiger partial charge in [0.15, 0.2) is 11.0 Å². The van der Waals surface area contributed by atoms with Gasteiger partial charge >= 0.3 is 0 Å². The van der Waals surface area contributed by atoms with Crippen LogP contribution in [0.1, 0.15) is 5.82 Å². The molecule has 1 aromatic carbocycles. The zero-order valence-electron chi connectivity index (χ0n) is 9.79. The van der Waals surface area contributed by atoms with E-state index in [1.165, 1.54) is 0 Å². The van der Waals surface area contributed by atoms with Crippen LogP contribution in [-0.2, 0) is 13.6 Å². The normalized spacial score (nSPS) is 10.9. The highest BCUT2D eigenvalue weighted by Gasteiger charge is 2.05. The number of nitrogens with two attached hydrogens (primary N) is 1. The first kappa shape index (κ1) is 11.0. The van der Waals surface area contributed by atoms with Crippen LogP contribution in [0.2, 0.25) is 0 Å². The highest BCUT2D eigenvalue weighted by Crippen LogP contribution is 2.27. The van der Waals surface area contributed by atoms with Gasteiger partial charge in [-0.25, -0.2) is 9.97 Å². The van der Waals surface area contributed by atoms with Crippen LogP contribution in [0.15, 0.2) is 24.5 Å². The van der Waals surface area contributed by atoms with Crippen molar-refractivity contribution in [2.24, 2.45) is 7.05 Å². The van der Waals surface area contributed by atoms with Crippen LogP contribution in [0.4, 0.5) is 10.8 Å². The lowest BCUT2D eigenvalue weighted by atomic mass is 10.3. The van der Waals surface area contributed by atoms with Gasteiger partial charge in [-0.3, -0.25) is 4.68 Å². The minimum atomic E-state index is 0.566. The summed E-state index contributed by atoms with van der Waals surface area (Å²) in [6, 6.07) is 5.70. The summed E-state index contributed by atoms with van der Waals surface area (Å²) < 4.78 is 2.75. The number of benzene rings is 1. The molecule has 0 aliphatic heterocycles. The van der Waals surface area contributed by atoms with E-state index in [1.807, 2.05) is 25.2 Å². The molecular formula is C11H12N6S. The van der Waals surface area contributed by atoms with Gasteiger partial charge in [-0.2, -0.15) is 5.10 Å². The van der Waals surface area contributed by atoms with Crippen LogP contribution >= 0.6 is 11.3 Å². The molecule has 7 heteroatoms. The SMILES string of the molecule is Cn1cnc(CNc2nc3ccc(N)cc3s2)n1. The van der Waals surface area contributed by atoms with E-state index in [0.29, 0.717) is 6.54 Å². The second-order valence-corrected chi connectivity index (χ2v) is 4.96. The molecule has 0 aliphatic carbocycles. The number of thiazole rings is 1. The van der Waals surface area contributed by atoms with Crippen molar-refractivity contribution in [1.29, 1.82) is 0 Å². The second kappa shape index (κ2) is 4.26. The summed E-state index contributed by atoms with van der Waals surface area (Å²) in [7, 11) is 1.84. The molecule has 0 amide bonds. The fraction of sp³-hybridized carbons (Fsp3) is 0.182. The summed E-state index contributed by atoms with van der Waals surface area (Å²) in [5, 5.41) is 8.26. The van der Waals surface area contributed by atoms with E-state index in [4.69, 9.17) is 5.73 Å². The summed E-state index contributed by atoms with van der Waals surface area (Å²) in [6.07, 6.45) is 1.68. The molecule has 0 aliphatic rings. The molecule has 2 heterocycles. The van der Waals surface area contributed by atoms with Gasteiger partial charge < -0.3 is 11.1 Å². The summed E-state index contributed by atoms with van der Waals surface area (Å²) in [6.45, 7) is 0.566. The fourth-order valence-corrected chi connectivity index (χ4v) is 2.55. The molecule has 0 bridgehead atoms. The van der Waals surface area contributed by atoms with E-state index < -0.39 is 0 Å². The average Bonchev–Trinajstić information content (AvgIpc) is 2.92. The molecule has 0 atom stereocenters. The van der Waals surface area contributed by atoms with Crippen LogP contribution in [0, 0.1) is 0 Å². The Hall–Kier alpha value is -2.15. The molecule has 0 fully saturated rings. The molecule has 92 valence electrons. The standard InChI is InChI=1S/C11H12N6S/c1-17-6-14-10(16-17)5-13-11-15-8-3-2-7(12)4-9(8)18-11/h2-4,6H,5,12H2,1H3,(H,13,15). The van der Waals surface area contributed by atoms with Crippen LogP contribution in [-0.4, -0.2) is 19.7 Å². The first-order valence-electron chi connectivity index (χ1n) is 5.45. The topological polar surface area (TPSA) is 81.7 Å². The first-order chi connectivity index (χ1) is 8.70. The van der Waals surface area contributed by atoms with E-state index in [9.17, 15) is 0 Å². The van der Waals surface area contributed by atoms with E-state index in [-0.39, 0.29) is 0 Å².